The van der Waals surface area contributed by atoms with Crippen molar-refractivity contribution in [2.75, 3.05) is 26.2 Å². The number of nitrogens with zero attached hydrogens (tertiary/aromatic N) is 1. The minimum absolute atomic E-state index is 0.205. The first kappa shape index (κ1) is 13.6. The van der Waals surface area contributed by atoms with Crippen molar-refractivity contribution in [2.45, 2.75) is 26.2 Å². The fourth-order valence-corrected chi connectivity index (χ4v) is 3.12. The Bertz CT molecular complexity index is 358. The average molecular weight is 266 g/mol. The van der Waals surface area contributed by atoms with Gasteiger partial charge >= 0.3 is 0 Å². The zero-order chi connectivity index (χ0) is 12.8. The first-order chi connectivity index (χ1) is 8.81. The van der Waals surface area contributed by atoms with Crippen LogP contribution in [0, 0.1) is 5.92 Å². The maximum absolute atomic E-state index is 12.4. The molecule has 0 saturated carbocycles. The van der Waals surface area contributed by atoms with E-state index in [4.69, 9.17) is 0 Å². The highest BCUT2D eigenvalue weighted by atomic mass is 32.1. The summed E-state index contributed by atoms with van der Waals surface area (Å²) in [4.78, 5) is 14.4. The zero-order valence-corrected chi connectivity index (χ0v) is 11.8. The van der Waals surface area contributed by atoms with E-state index in [1.165, 1.54) is 12.8 Å². The van der Waals surface area contributed by atoms with Gasteiger partial charge in [-0.2, -0.15) is 11.3 Å². The fourth-order valence-electron chi connectivity index (χ4n) is 2.49. The lowest BCUT2D eigenvalue weighted by atomic mass is 9.97. The van der Waals surface area contributed by atoms with Crippen molar-refractivity contribution < 1.29 is 4.79 Å². The molecule has 1 aliphatic rings. The maximum Gasteiger partial charge on any atom is 0.254 e. The Morgan fingerprint density at radius 3 is 2.89 bits per heavy atom. The number of carbonyl (C=O) groups excluding carboxylic acids is 1. The average Bonchev–Trinajstić information content (AvgIpc) is 2.92. The predicted octanol–water partition coefficient (Wildman–Crippen LogP) is 2.60. The van der Waals surface area contributed by atoms with Crippen molar-refractivity contribution in [3.8, 4) is 0 Å². The van der Waals surface area contributed by atoms with E-state index in [1.807, 2.05) is 21.7 Å². The molecular formula is C14H22N2OS. The molecule has 0 aromatic carbocycles. The van der Waals surface area contributed by atoms with E-state index < -0.39 is 0 Å². The third-order valence-electron chi connectivity index (χ3n) is 3.49. The Morgan fingerprint density at radius 2 is 2.28 bits per heavy atom. The highest BCUT2D eigenvalue weighted by Gasteiger charge is 2.21. The molecule has 0 aliphatic carbocycles. The molecule has 1 amide bonds. The van der Waals surface area contributed by atoms with Gasteiger partial charge in [0.05, 0.1) is 5.56 Å². The van der Waals surface area contributed by atoms with Crippen LogP contribution in [0.4, 0.5) is 0 Å². The topological polar surface area (TPSA) is 32.3 Å². The van der Waals surface area contributed by atoms with Crippen molar-refractivity contribution in [1.82, 2.24) is 10.2 Å². The Kier molecular flexibility index (Phi) is 5.20. The van der Waals surface area contributed by atoms with Crippen LogP contribution in [0.15, 0.2) is 16.8 Å². The number of carbonyl (C=O) groups is 1. The van der Waals surface area contributed by atoms with Crippen LogP contribution in [0.2, 0.25) is 0 Å². The van der Waals surface area contributed by atoms with Gasteiger partial charge in [-0.15, -0.1) is 0 Å². The Labute approximate surface area is 113 Å². The highest BCUT2D eigenvalue weighted by Crippen LogP contribution is 2.16. The lowest BCUT2D eigenvalue weighted by molar-refractivity contribution is 0.0717. The largest absolute Gasteiger partial charge is 0.338 e. The molecule has 0 unspecified atom stereocenters. The summed E-state index contributed by atoms with van der Waals surface area (Å²) in [5.41, 5.74) is 0.849. The van der Waals surface area contributed by atoms with Crippen LogP contribution >= 0.6 is 11.3 Å². The summed E-state index contributed by atoms with van der Waals surface area (Å²) >= 11 is 1.59. The van der Waals surface area contributed by atoms with Crippen molar-refractivity contribution in [2.24, 2.45) is 5.92 Å². The van der Waals surface area contributed by atoms with Gasteiger partial charge in [-0.1, -0.05) is 6.92 Å². The predicted molar refractivity (Wildman–Crippen MR) is 76.1 cm³/mol. The number of piperidine rings is 1. The molecule has 0 spiro atoms. The van der Waals surface area contributed by atoms with Gasteiger partial charge in [0.2, 0.25) is 0 Å². The molecule has 1 aliphatic heterocycles. The van der Waals surface area contributed by atoms with E-state index in [1.54, 1.807) is 11.3 Å². The van der Waals surface area contributed by atoms with Gasteiger partial charge in [0.1, 0.15) is 0 Å². The smallest absolute Gasteiger partial charge is 0.254 e. The minimum Gasteiger partial charge on any atom is -0.338 e. The number of hydrogen-bond donors (Lipinski definition) is 1. The van der Waals surface area contributed by atoms with Crippen LogP contribution in [0.1, 0.15) is 36.5 Å². The van der Waals surface area contributed by atoms with Crippen LogP contribution in [0.3, 0.4) is 0 Å². The zero-order valence-electron chi connectivity index (χ0n) is 11.0. The summed E-state index contributed by atoms with van der Waals surface area (Å²) in [5, 5.41) is 7.30. The normalized spacial score (nSPS) is 16.7. The first-order valence-corrected chi connectivity index (χ1v) is 7.77. The van der Waals surface area contributed by atoms with Crippen molar-refractivity contribution in [3.63, 3.8) is 0 Å². The van der Waals surface area contributed by atoms with Crippen molar-refractivity contribution in [1.29, 1.82) is 0 Å². The summed E-state index contributed by atoms with van der Waals surface area (Å²) in [7, 11) is 0. The first-order valence-electron chi connectivity index (χ1n) is 6.83. The van der Waals surface area contributed by atoms with E-state index in [9.17, 15) is 4.79 Å². The van der Waals surface area contributed by atoms with Crippen molar-refractivity contribution in [3.05, 3.63) is 22.4 Å². The fraction of sp³-hybridized carbons (Fsp3) is 0.643. The quantitative estimate of drug-likeness (QED) is 0.888. The molecule has 0 bridgehead atoms. The molecular weight excluding hydrogens is 244 g/mol. The molecule has 1 aromatic rings. The monoisotopic (exact) mass is 266 g/mol. The van der Waals surface area contributed by atoms with Gasteiger partial charge in [0.15, 0.2) is 0 Å². The van der Waals surface area contributed by atoms with Gasteiger partial charge in [-0.3, -0.25) is 4.79 Å². The molecule has 2 rings (SSSR count). The van der Waals surface area contributed by atoms with Crippen molar-refractivity contribution >= 4 is 17.2 Å². The van der Waals surface area contributed by atoms with Crippen LogP contribution in [0.25, 0.3) is 0 Å². The summed E-state index contributed by atoms with van der Waals surface area (Å²) < 4.78 is 0. The molecule has 0 radical (unpaired) electrons. The Hall–Kier alpha value is -0.870. The number of thiophene rings is 1. The second-order valence-electron chi connectivity index (χ2n) is 4.96. The van der Waals surface area contributed by atoms with Crippen LogP contribution < -0.4 is 5.32 Å². The lowest BCUT2D eigenvalue weighted by Crippen LogP contribution is -2.39. The summed E-state index contributed by atoms with van der Waals surface area (Å²) in [6.45, 7) is 6.12. The summed E-state index contributed by atoms with van der Waals surface area (Å²) in [6.07, 6.45) is 3.41. The number of rotatable bonds is 5. The van der Waals surface area contributed by atoms with Crippen LogP contribution in [0.5, 0.6) is 0 Å². The number of nitrogens with one attached hydrogen (secondary N) is 1. The highest BCUT2D eigenvalue weighted by molar-refractivity contribution is 7.08. The van der Waals surface area contributed by atoms with Gasteiger partial charge in [-0.25, -0.2) is 0 Å². The van der Waals surface area contributed by atoms with Gasteiger partial charge < -0.3 is 10.2 Å². The molecule has 18 heavy (non-hydrogen) atoms. The van der Waals surface area contributed by atoms with Gasteiger partial charge in [0, 0.05) is 18.5 Å². The molecule has 1 fully saturated rings. The second-order valence-corrected chi connectivity index (χ2v) is 5.74. The number of hydrogen-bond acceptors (Lipinski definition) is 3. The van der Waals surface area contributed by atoms with Crippen LogP contribution in [-0.2, 0) is 0 Å². The Morgan fingerprint density at radius 1 is 1.50 bits per heavy atom. The van der Waals surface area contributed by atoms with E-state index in [0.29, 0.717) is 5.92 Å². The molecule has 4 heteroatoms. The van der Waals surface area contributed by atoms with E-state index in [0.717, 1.165) is 38.2 Å². The SMILES string of the molecule is CCCN(CC1CCNCC1)C(=O)c1ccsc1. The third-order valence-corrected chi connectivity index (χ3v) is 4.17. The summed E-state index contributed by atoms with van der Waals surface area (Å²) in [5.74, 6) is 0.872. The number of amides is 1. The maximum atomic E-state index is 12.4. The summed E-state index contributed by atoms with van der Waals surface area (Å²) in [6, 6.07) is 1.93. The molecule has 0 atom stereocenters. The van der Waals surface area contributed by atoms with Gasteiger partial charge in [0.25, 0.3) is 5.91 Å². The molecule has 1 aromatic heterocycles. The second kappa shape index (κ2) is 6.90. The molecule has 100 valence electrons. The van der Waals surface area contributed by atoms with E-state index in [2.05, 4.69) is 12.2 Å². The van der Waals surface area contributed by atoms with Gasteiger partial charge in [-0.05, 0) is 49.7 Å². The molecule has 3 nitrogen and oxygen atoms in total. The van der Waals surface area contributed by atoms with E-state index in [-0.39, 0.29) is 5.91 Å². The molecule has 1 saturated heterocycles. The standard InChI is InChI=1S/C14H22N2OS/c1-2-8-16(10-12-3-6-15-7-4-12)14(17)13-5-9-18-11-13/h5,9,11-12,15H,2-4,6-8,10H2,1H3. The molecule has 1 N–H and O–H groups in total. The van der Waals surface area contributed by atoms with Crippen LogP contribution in [-0.4, -0.2) is 37.0 Å². The third kappa shape index (κ3) is 3.56. The Balaban J connectivity index is 1.96. The molecule has 2 heterocycles. The van der Waals surface area contributed by atoms with E-state index >= 15 is 0 Å². The lowest BCUT2D eigenvalue weighted by Gasteiger charge is -2.30. The minimum atomic E-state index is 0.205.